The molecule has 0 unspecified atom stereocenters. The molecule has 5 heteroatoms. The van der Waals surface area contributed by atoms with Gasteiger partial charge in [-0.05, 0) is 28.5 Å². The summed E-state index contributed by atoms with van der Waals surface area (Å²) in [5, 5.41) is 7.28. The van der Waals surface area contributed by atoms with Crippen LogP contribution in [-0.2, 0) is 11.3 Å². The number of nitrogens with one attached hydrogen (secondary N) is 2. The van der Waals surface area contributed by atoms with Gasteiger partial charge in [0.15, 0.2) is 0 Å². The quantitative estimate of drug-likeness (QED) is 0.571. The van der Waals surface area contributed by atoms with Crippen LogP contribution in [0.4, 0.5) is 0 Å². The van der Waals surface area contributed by atoms with Crippen LogP contribution in [0.3, 0.4) is 0 Å². The minimum absolute atomic E-state index is 0.371. The van der Waals surface area contributed by atoms with Crippen molar-refractivity contribution in [1.82, 2.24) is 10.3 Å². The number of rotatable bonds is 4. The number of H-pyrrole nitrogens is 1. The molecule has 0 radical (unpaired) electrons. The number of hydrogen-bond acceptors (Lipinski definition) is 3. The Kier molecular flexibility index (Phi) is 3.35. The van der Waals surface area contributed by atoms with Gasteiger partial charge in [-0.3, -0.25) is 9.59 Å². The van der Waals surface area contributed by atoms with E-state index in [0.717, 1.165) is 16.5 Å². The number of aromatic nitrogens is 1. The van der Waals surface area contributed by atoms with Gasteiger partial charge in [0.05, 0.1) is 5.56 Å². The zero-order valence-corrected chi connectivity index (χ0v) is 11.4. The first-order valence-corrected chi connectivity index (χ1v) is 7.09. The summed E-state index contributed by atoms with van der Waals surface area (Å²) in [4.78, 5) is 27.1. The SMILES string of the molecule is O=C(NCc1ccsc1)C(=O)c1c[nH]c2ccccc12. The minimum Gasteiger partial charge on any atom is -0.360 e. The summed E-state index contributed by atoms with van der Waals surface area (Å²) < 4.78 is 0. The summed E-state index contributed by atoms with van der Waals surface area (Å²) in [6.45, 7) is 0.371. The standard InChI is InChI=1S/C15H12N2O2S/c18-14(15(19)17-7-10-5-6-20-9-10)12-8-16-13-4-2-1-3-11(12)13/h1-6,8-9,16H,7H2,(H,17,19). The lowest BCUT2D eigenvalue weighted by Crippen LogP contribution is -2.30. The lowest BCUT2D eigenvalue weighted by molar-refractivity contribution is -0.117. The van der Waals surface area contributed by atoms with E-state index in [1.807, 2.05) is 41.1 Å². The Morgan fingerprint density at radius 1 is 1.20 bits per heavy atom. The molecule has 3 rings (SSSR count). The molecule has 2 N–H and O–H groups in total. The Morgan fingerprint density at radius 3 is 2.85 bits per heavy atom. The largest absolute Gasteiger partial charge is 0.360 e. The lowest BCUT2D eigenvalue weighted by atomic mass is 10.1. The zero-order valence-electron chi connectivity index (χ0n) is 10.6. The molecule has 0 aliphatic rings. The molecule has 0 fully saturated rings. The van der Waals surface area contributed by atoms with Crippen LogP contribution in [0.15, 0.2) is 47.3 Å². The van der Waals surface area contributed by atoms with Gasteiger partial charge >= 0.3 is 0 Å². The monoisotopic (exact) mass is 284 g/mol. The van der Waals surface area contributed by atoms with Crippen molar-refractivity contribution < 1.29 is 9.59 Å². The fourth-order valence-electron chi connectivity index (χ4n) is 2.04. The molecule has 20 heavy (non-hydrogen) atoms. The van der Waals surface area contributed by atoms with Crippen LogP contribution < -0.4 is 5.32 Å². The molecular formula is C15H12N2O2S. The lowest BCUT2D eigenvalue weighted by Gasteiger charge is -2.02. The predicted molar refractivity (Wildman–Crippen MR) is 78.8 cm³/mol. The number of amides is 1. The van der Waals surface area contributed by atoms with E-state index in [1.54, 1.807) is 17.5 Å². The van der Waals surface area contributed by atoms with Gasteiger partial charge in [0.1, 0.15) is 0 Å². The molecule has 0 aliphatic heterocycles. The molecule has 1 aromatic carbocycles. The van der Waals surface area contributed by atoms with Crippen molar-refractivity contribution in [3.8, 4) is 0 Å². The van der Waals surface area contributed by atoms with Crippen molar-refractivity contribution in [3.63, 3.8) is 0 Å². The first-order chi connectivity index (χ1) is 9.75. The van der Waals surface area contributed by atoms with Crippen molar-refractivity contribution in [2.24, 2.45) is 0 Å². The minimum atomic E-state index is -0.582. The third-order valence-electron chi connectivity index (χ3n) is 3.07. The van der Waals surface area contributed by atoms with Crippen molar-refractivity contribution in [2.45, 2.75) is 6.54 Å². The molecule has 2 heterocycles. The third kappa shape index (κ3) is 2.35. The zero-order chi connectivity index (χ0) is 13.9. The van der Waals surface area contributed by atoms with E-state index in [0.29, 0.717) is 12.1 Å². The van der Waals surface area contributed by atoms with Gasteiger partial charge in [0, 0.05) is 23.6 Å². The van der Waals surface area contributed by atoms with Gasteiger partial charge in [0.2, 0.25) is 0 Å². The Morgan fingerprint density at radius 2 is 2.05 bits per heavy atom. The van der Waals surface area contributed by atoms with Crippen LogP contribution in [0, 0.1) is 0 Å². The molecule has 4 nitrogen and oxygen atoms in total. The second-order valence-corrected chi connectivity index (χ2v) is 5.17. The van der Waals surface area contributed by atoms with E-state index in [2.05, 4.69) is 10.3 Å². The molecule has 0 saturated heterocycles. The summed E-state index contributed by atoms with van der Waals surface area (Å²) in [5.74, 6) is -1.10. The topological polar surface area (TPSA) is 62.0 Å². The highest BCUT2D eigenvalue weighted by Crippen LogP contribution is 2.18. The number of hydrogen-bond donors (Lipinski definition) is 2. The first-order valence-electron chi connectivity index (χ1n) is 6.15. The molecule has 0 bridgehead atoms. The Labute approximate surface area is 119 Å². The highest BCUT2D eigenvalue weighted by atomic mass is 32.1. The van der Waals surface area contributed by atoms with Gasteiger partial charge in [-0.1, -0.05) is 18.2 Å². The Hall–Kier alpha value is -2.40. The molecule has 1 amide bonds. The summed E-state index contributed by atoms with van der Waals surface area (Å²) in [6, 6.07) is 9.33. The summed E-state index contributed by atoms with van der Waals surface area (Å²) in [6.07, 6.45) is 1.58. The second-order valence-electron chi connectivity index (χ2n) is 4.39. The predicted octanol–water partition coefficient (Wildman–Crippen LogP) is 2.73. The van der Waals surface area contributed by atoms with E-state index in [1.165, 1.54) is 0 Å². The van der Waals surface area contributed by atoms with Crippen molar-refractivity contribution in [1.29, 1.82) is 0 Å². The number of thiophene rings is 1. The van der Waals surface area contributed by atoms with Gasteiger partial charge in [-0.2, -0.15) is 11.3 Å². The number of para-hydroxylation sites is 1. The highest BCUT2D eigenvalue weighted by molar-refractivity contribution is 7.07. The highest BCUT2D eigenvalue weighted by Gasteiger charge is 2.19. The normalized spacial score (nSPS) is 10.6. The van der Waals surface area contributed by atoms with E-state index in [9.17, 15) is 9.59 Å². The molecule has 0 saturated carbocycles. The smallest absolute Gasteiger partial charge is 0.292 e. The number of carbonyl (C=O) groups excluding carboxylic acids is 2. The maximum absolute atomic E-state index is 12.1. The van der Waals surface area contributed by atoms with Crippen LogP contribution in [0.1, 0.15) is 15.9 Å². The number of carbonyl (C=O) groups is 2. The van der Waals surface area contributed by atoms with Crippen LogP contribution in [0.5, 0.6) is 0 Å². The van der Waals surface area contributed by atoms with Crippen molar-refractivity contribution >= 4 is 33.9 Å². The average Bonchev–Trinajstić information content (AvgIpc) is 3.13. The van der Waals surface area contributed by atoms with Crippen LogP contribution in [-0.4, -0.2) is 16.7 Å². The summed E-state index contributed by atoms with van der Waals surface area (Å²) in [7, 11) is 0. The molecule has 0 aliphatic carbocycles. The summed E-state index contributed by atoms with van der Waals surface area (Å²) in [5.41, 5.74) is 2.25. The fourth-order valence-corrected chi connectivity index (χ4v) is 2.71. The number of Topliss-reactive ketones (excluding diaryl/α,β-unsaturated/α-hetero) is 1. The number of ketones is 1. The molecule has 2 aromatic heterocycles. The van der Waals surface area contributed by atoms with Gasteiger partial charge in [-0.15, -0.1) is 0 Å². The maximum atomic E-state index is 12.1. The summed E-state index contributed by atoms with van der Waals surface area (Å²) >= 11 is 1.56. The number of benzene rings is 1. The average molecular weight is 284 g/mol. The number of fused-ring (bicyclic) bond motifs is 1. The van der Waals surface area contributed by atoms with E-state index in [-0.39, 0.29) is 0 Å². The van der Waals surface area contributed by atoms with Crippen LogP contribution in [0.2, 0.25) is 0 Å². The fraction of sp³-hybridized carbons (Fsp3) is 0.0667. The molecule has 0 atom stereocenters. The Bertz CT molecular complexity index is 759. The Balaban J connectivity index is 1.76. The van der Waals surface area contributed by atoms with Crippen molar-refractivity contribution in [2.75, 3.05) is 0 Å². The van der Waals surface area contributed by atoms with Gasteiger partial charge in [-0.25, -0.2) is 0 Å². The van der Waals surface area contributed by atoms with Crippen molar-refractivity contribution in [3.05, 3.63) is 58.4 Å². The van der Waals surface area contributed by atoms with Gasteiger partial charge < -0.3 is 10.3 Å². The van der Waals surface area contributed by atoms with Crippen LogP contribution in [0.25, 0.3) is 10.9 Å². The molecule has 100 valence electrons. The van der Waals surface area contributed by atoms with E-state index < -0.39 is 11.7 Å². The second kappa shape index (κ2) is 5.30. The molecule has 3 aromatic rings. The van der Waals surface area contributed by atoms with E-state index >= 15 is 0 Å². The molecule has 0 spiro atoms. The van der Waals surface area contributed by atoms with Crippen LogP contribution >= 0.6 is 11.3 Å². The third-order valence-corrected chi connectivity index (χ3v) is 3.81. The maximum Gasteiger partial charge on any atom is 0.292 e. The first kappa shape index (κ1) is 12.6. The molecular weight excluding hydrogens is 272 g/mol. The van der Waals surface area contributed by atoms with E-state index in [4.69, 9.17) is 0 Å². The number of aromatic amines is 1. The van der Waals surface area contributed by atoms with Gasteiger partial charge in [0.25, 0.3) is 11.7 Å².